The summed E-state index contributed by atoms with van der Waals surface area (Å²) in [5.41, 5.74) is 7.11. The molecule has 0 aliphatic carbocycles. The maximum absolute atomic E-state index is 13.0. The number of amides is 1. The molecule has 1 amide bonds. The number of hydrogen-bond donors (Lipinski definition) is 0. The molecule has 0 N–H and O–H groups in total. The summed E-state index contributed by atoms with van der Waals surface area (Å²) in [6.07, 6.45) is 0. The predicted octanol–water partition coefficient (Wildman–Crippen LogP) is 3.48. The number of benzene rings is 1. The minimum Gasteiger partial charge on any atom is -0.335 e. The van der Waals surface area contributed by atoms with Gasteiger partial charge in [-0.15, -0.1) is 0 Å². The van der Waals surface area contributed by atoms with E-state index in [1.807, 2.05) is 24.8 Å². The Morgan fingerprint density at radius 3 is 2.38 bits per heavy atom. The van der Waals surface area contributed by atoms with Gasteiger partial charge in [-0.1, -0.05) is 18.2 Å². The maximum atomic E-state index is 13.0. The number of aromatic nitrogens is 3. The Morgan fingerprint density at radius 2 is 1.69 bits per heavy atom. The molecule has 0 bridgehead atoms. The van der Waals surface area contributed by atoms with Gasteiger partial charge in [-0.05, 0) is 57.4 Å². The molecule has 152 valence electrons. The first kappa shape index (κ1) is 19.6. The van der Waals surface area contributed by atoms with Crippen LogP contribution in [0.5, 0.6) is 0 Å². The highest BCUT2D eigenvalue weighted by Crippen LogP contribution is 2.24. The largest absolute Gasteiger partial charge is 0.335 e. The maximum Gasteiger partial charge on any atom is 0.274 e. The van der Waals surface area contributed by atoms with Crippen LogP contribution in [0, 0.1) is 27.7 Å². The lowest BCUT2D eigenvalue weighted by Crippen LogP contribution is -2.49. The highest BCUT2D eigenvalue weighted by Gasteiger charge is 2.27. The topological polar surface area (TPSA) is 53.7 Å². The van der Waals surface area contributed by atoms with Crippen LogP contribution < -0.4 is 0 Å². The fraction of sp³-hybridized carbons (Fsp3) is 0.435. The van der Waals surface area contributed by atoms with Crippen molar-refractivity contribution >= 4 is 11.6 Å². The lowest BCUT2D eigenvalue weighted by Gasteiger charge is -2.38. The summed E-state index contributed by atoms with van der Waals surface area (Å²) in [4.78, 5) is 21.8. The summed E-state index contributed by atoms with van der Waals surface area (Å²) in [5, 5.41) is 4.50. The summed E-state index contributed by atoms with van der Waals surface area (Å²) >= 11 is 0. The zero-order valence-electron chi connectivity index (χ0n) is 17.9. The van der Waals surface area contributed by atoms with E-state index in [0.29, 0.717) is 24.8 Å². The molecule has 3 heterocycles. The molecule has 6 heteroatoms. The van der Waals surface area contributed by atoms with Gasteiger partial charge in [0.1, 0.15) is 0 Å². The van der Waals surface area contributed by atoms with Gasteiger partial charge in [-0.3, -0.25) is 9.69 Å². The van der Waals surface area contributed by atoms with E-state index in [1.54, 1.807) is 10.6 Å². The fourth-order valence-corrected chi connectivity index (χ4v) is 4.10. The van der Waals surface area contributed by atoms with E-state index in [-0.39, 0.29) is 5.91 Å². The van der Waals surface area contributed by atoms with Crippen molar-refractivity contribution in [3.8, 4) is 0 Å². The number of piperazine rings is 1. The average molecular weight is 392 g/mol. The van der Waals surface area contributed by atoms with Crippen LogP contribution in [0.3, 0.4) is 0 Å². The van der Waals surface area contributed by atoms with Gasteiger partial charge in [0, 0.05) is 49.7 Å². The molecule has 1 fully saturated rings. The summed E-state index contributed by atoms with van der Waals surface area (Å²) in [5.74, 6) is -0.00830. The van der Waals surface area contributed by atoms with Gasteiger partial charge in [0.25, 0.3) is 5.91 Å². The lowest BCUT2D eigenvalue weighted by molar-refractivity contribution is 0.0576. The highest BCUT2D eigenvalue weighted by atomic mass is 16.2. The summed E-state index contributed by atoms with van der Waals surface area (Å²) < 4.78 is 1.75. The number of hydrogen-bond acceptors (Lipinski definition) is 4. The smallest absolute Gasteiger partial charge is 0.274 e. The Hall–Kier alpha value is -2.73. The molecule has 1 unspecified atom stereocenters. The first-order valence-corrected chi connectivity index (χ1v) is 10.3. The lowest BCUT2D eigenvalue weighted by atomic mass is 10.0. The van der Waals surface area contributed by atoms with Gasteiger partial charge in [0.2, 0.25) is 0 Å². The molecule has 0 spiro atoms. The zero-order chi connectivity index (χ0) is 20.7. The van der Waals surface area contributed by atoms with Crippen LogP contribution in [0.2, 0.25) is 0 Å². The normalized spacial score (nSPS) is 16.4. The second-order valence-corrected chi connectivity index (χ2v) is 8.19. The van der Waals surface area contributed by atoms with Gasteiger partial charge in [0.05, 0.1) is 0 Å². The number of carbonyl (C=O) groups is 1. The van der Waals surface area contributed by atoms with Crippen molar-refractivity contribution in [1.82, 2.24) is 24.4 Å². The minimum atomic E-state index is -0.00830. The SMILES string of the molecule is Cc1cc(C)n2nc(C(=O)N3CCN(C(C)c4ccc(C)c(C)c4)CC3)cc2n1. The molecule has 0 radical (unpaired) electrons. The molecule has 3 aromatic rings. The summed E-state index contributed by atoms with van der Waals surface area (Å²) in [7, 11) is 0. The van der Waals surface area contributed by atoms with Gasteiger partial charge in [-0.25, -0.2) is 9.50 Å². The van der Waals surface area contributed by atoms with Crippen LogP contribution >= 0.6 is 0 Å². The Labute approximate surface area is 172 Å². The van der Waals surface area contributed by atoms with Crippen LogP contribution in [0.25, 0.3) is 5.65 Å². The van der Waals surface area contributed by atoms with E-state index in [0.717, 1.165) is 30.1 Å². The third kappa shape index (κ3) is 3.77. The van der Waals surface area contributed by atoms with Gasteiger partial charge in [-0.2, -0.15) is 5.10 Å². The van der Waals surface area contributed by atoms with Crippen molar-refractivity contribution in [3.63, 3.8) is 0 Å². The Kier molecular flexibility index (Phi) is 5.13. The van der Waals surface area contributed by atoms with E-state index in [2.05, 4.69) is 54.0 Å². The van der Waals surface area contributed by atoms with Crippen LogP contribution in [0.15, 0.2) is 30.3 Å². The highest BCUT2D eigenvalue weighted by molar-refractivity contribution is 5.93. The molecule has 1 aliphatic heterocycles. The van der Waals surface area contributed by atoms with Crippen LogP contribution in [-0.4, -0.2) is 56.5 Å². The van der Waals surface area contributed by atoms with Crippen molar-refractivity contribution in [2.45, 2.75) is 40.7 Å². The van der Waals surface area contributed by atoms with Gasteiger partial charge in [0.15, 0.2) is 11.3 Å². The Morgan fingerprint density at radius 1 is 0.966 bits per heavy atom. The molecule has 1 aliphatic rings. The zero-order valence-corrected chi connectivity index (χ0v) is 17.9. The van der Waals surface area contributed by atoms with E-state index >= 15 is 0 Å². The summed E-state index contributed by atoms with van der Waals surface area (Å²) in [6.45, 7) is 13.7. The molecule has 2 aromatic heterocycles. The predicted molar refractivity (Wildman–Crippen MR) is 114 cm³/mol. The second kappa shape index (κ2) is 7.59. The van der Waals surface area contributed by atoms with Crippen LogP contribution in [0.1, 0.15) is 51.5 Å². The van der Waals surface area contributed by atoms with Crippen molar-refractivity contribution in [2.75, 3.05) is 26.2 Å². The number of fused-ring (bicyclic) bond motifs is 1. The monoisotopic (exact) mass is 391 g/mol. The first-order chi connectivity index (χ1) is 13.8. The number of carbonyl (C=O) groups excluding carboxylic acids is 1. The van der Waals surface area contributed by atoms with Crippen molar-refractivity contribution in [2.24, 2.45) is 0 Å². The Bertz CT molecular complexity index is 1060. The number of rotatable bonds is 3. The number of nitrogens with zero attached hydrogens (tertiary/aromatic N) is 5. The standard InChI is InChI=1S/C23H29N5O/c1-15-6-7-20(12-16(15)2)19(5)26-8-10-27(11-9-26)23(29)21-14-22-24-17(3)13-18(4)28(22)25-21/h6-7,12-14,19H,8-11H2,1-5H3. The van der Waals surface area contributed by atoms with E-state index in [4.69, 9.17) is 0 Å². The molecule has 4 rings (SSSR count). The van der Waals surface area contributed by atoms with E-state index < -0.39 is 0 Å². The van der Waals surface area contributed by atoms with Crippen LogP contribution in [0.4, 0.5) is 0 Å². The van der Waals surface area contributed by atoms with Crippen molar-refractivity contribution in [1.29, 1.82) is 0 Å². The molecule has 1 saturated heterocycles. The Balaban J connectivity index is 1.44. The quantitative estimate of drug-likeness (QED) is 0.686. The minimum absolute atomic E-state index is 0.00830. The molecule has 6 nitrogen and oxygen atoms in total. The number of aryl methyl sites for hydroxylation is 4. The molecular weight excluding hydrogens is 362 g/mol. The van der Waals surface area contributed by atoms with Crippen LogP contribution in [-0.2, 0) is 0 Å². The molecule has 29 heavy (non-hydrogen) atoms. The molecule has 1 atom stereocenters. The van der Waals surface area contributed by atoms with E-state index in [1.165, 1.54) is 16.7 Å². The summed E-state index contributed by atoms with van der Waals surface area (Å²) in [6, 6.07) is 10.8. The van der Waals surface area contributed by atoms with Crippen molar-refractivity contribution in [3.05, 3.63) is 64.1 Å². The molecule has 1 aromatic carbocycles. The fourth-order valence-electron chi connectivity index (χ4n) is 4.10. The molecular formula is C23H29N5O. The van der Waals surface area contributed by atoms with Gasteiger partial charge < -0.3 is 4.90 Å². The van der Waals surface area contributed by atoms with Gasteiger partial charge >= 0.3 is 0 Å². The second-order valence-electron chi connectivity index (χ2n) is 8.19. The third-order valence-corrected chi connectivity index (χ3v) is 6.12. The molecule has 0 saturated carbocycles. The van der Waals surface area contributed by atoms with Crippen molar-refractivity contribution < 1.29 is 4.79 Å². The third-order valence-electron chi connectivity index (χ3n) is 6.12. The van der Waals surface area contributed by atoms with E-state index in [9.17, 15) is 4.79 Å². The average Bonchev–Trinajstić information content (AvgIpc) is 3.13. The first-order valence-electron chi connectivity index (χ1n) is 10.3.